The Balaban J connectivity index is 1.54. The number of rotatable bonds is 9. The van der Waals surface area contributed by atoms with Crippen LogP contribution in [0.3, 0.4) is 0 Å². The molecule has 2 rings (SSSR count). The minimum absolute atomic E-state index is 0.0184. The maximum absolute atomic E-state index is 11.8. The number of hydrogen-bond acceptors (Lipinski definition) is 5. The first kappa shape index (κ1) is 19.5. The molecule has 0 atom stereocenters. The van der Waals surface area contributed by atoms with Gasteiger partial charge in [-0.2, -0.15) is 0 Å². The zero-order valence-electron chi connectivity index (χ0n) is 15.0. The van der Waals surface area contributed by atoms with Crippen molar-refractivity contribution in [3.63, 3.8) is 0 Å². The molecule has 0 fully saturated rings. The molecule has 0 radical (unpaired) electrons. The summed E-state index contributed by atoms with van der Waals surface area (Å²) in [6, 6.07) is 10.0. The number of nitrogens with zero attached hydrogens (tertiary/aromatic N) is 2. The third kappa shape index (κ3) is 7.27. The lowest BCUT2D eigenvalue weighted by Gasteiger charge is -2.12. The van der Waals surface area contributed by atoms with Crippen molar-refractivity contribution in [1.29, 1.82) is 0 Å². The predicted molar refractivity (Wildman–Crippen MR) is 99.5 cm³/mol. The van der Waals surface area contributed by atoms with Gasteiger partial charge in [-0.3, -0.25) is 9.89 Å². The van der Waals surface area contributed by atoms with Crippen LogP contribution < -0.4 is 5.32 Å². The van der Waals surface area contributed by atoms with Crippen LogP contribution in [0.2, 0.25) is 0 Å². The molecule has 2 aromatic rings. The second-order valence-electron chi connectivity index (χ2n) is 6.75. The standard InChI is InChI=1S/C18H26N4O2S/c1-18(2,3)16-20-17(22-21-16)25-13-15(23)19-10-7-11-24-12-14-8-5-4-6-9-14/h4-6,8-9H,7,10-13H2,1-3H3,(H,19,23)(H,20,21,22). The smallest absolute Gasteiger partial charge is 0.230 e. The number of amides is 1. The highest BCUT2D eigenvalue weighted by Crippen LogP contribution is 2.20. The molecule has 0 spiro atoms. The van der Waals surface area contributed by atoms with Crippen molar-refractivity contribution in [1.82, 2.24) is 20.5 Å². The second-order valence-corrected chi connectivity index (χ2v) is 7.69. The number of aromatic amines is 1. The third-order valence-corrected chi connectivity index (χ3v) is 4.25. The molecule has 0 saturated heterocycles. The topological polar surface area (TPSA) is 79.9 Å². The van der Waals surface area contributed by atoms with Gasteiger partial charge in [-0.25, -0.2) is 4.98 Å². The normalized spacial score (nSPS) is 11.5. The molecule has 0 aliphatic carbocycles. The lowest BCUT2D eigenvalue weighted by molar-refractivity contribution is -0.118. The molecular formula is C18H26N4O2S. The third-order valence-electron chi connectivity index (χ3n) is 3.41. The van der Waals surface area contributed by atoms with E-state index in [4.69, 9.17) is 4.74 Å². The number of carbonyl (C=O) groups excluding carboxylic acids is 1. The zero-order valence-corrected chi connectivity index (χ0v) is 15.9. The number of H-pyrrole nitrogens is 1. The maximum Gasteiger partial charge on any atom is 0.230 e. The predicted octanol–water partition coefficient (Wildman–Crippen LogP) is 2.92. The van der Waals surface area contributed by atoms with Gasteiger partial charge in [-0.05, 0) is 12.0 Å². The number of ether oxygens (including phenoxy) is 1. The fourth-order valence-corrected chi connectivity index (χ4v) is 2.62. The maximum atomic E-state index is 11.8. The summed E-state index contributed by atoms with van der Waals surface area (Å²) in [6.07, 6.45) is 0.790. The van der Waals surface area contributed by atoms with E-state index in [1.807, 2.05) is 30.3 Å². The highest BCUT2D eigenvalue weighted by atomic mass is 32.2. The molecule has 7 heteroatoms. The number of benzene rings is 1. The molecular weight excluding hydrogens is 336 g/mol. The molecule has 2 N–H and O–H groups in total. The SMILES string of the molecule is CC(C)(C)c1nc(SCC(=O)NCCCOCc2ccccc2)n[nH]1. The van der Waals surface area contributed by atoms with Crippen LogP contribution in [0.1, 0.15) is 38.6 Å². The minimum Gasteiger partial charge on any atom is -0.377 e. The lowest BCUT2D eigenvalue weighted by atomic mass is 9.96. The summed E-state index contributed by atoms with van der Waals surface area (Å²) in [4.78, 5) is 16.2. The van der Waals surface area contributed by atoms with E-state index in [1.165, 1.54) is 11.8 Å². The Bertz CT molecular complexity index is 653. The van der Waals surface area contributed by atoms with Crippen LogP contribution in [0, 0.1) is 0 Å². The van der Waals surface area contributed by atoms with Crippen molar-refractivity contribution in [3.05, 3.63) is 41.7 Å². The Morgan fingerprint density at radius 2 is 2.04 bits per heavy atom. The summed E-state index contributed by atoms with van der Waals surface area (Å²) in [7, 11) is 0. The van der Waals surface area contributed by atoms with E-state index in [0.717, 1.165) is 17.8 Å². The van der Waals surface area contributed by atoms with Gasteiger partial charge in [0.2, 0.25) is 11.1 Å². The van der Waals surface area contributed by atoms with Gasteiger partial charge in [0.1, 0.15) is 5.82 Å². The van der Waals surface area contributed by atoms with Crippen molar-refractivity contribution in [3.8, 4) is 0 Å². The van der Waals surface area contributed by atoms with E-state index in [2.05, 4.69) is 41.3 Å². The Morgan fingerprint density at radius 3 is 2.72 bits per heavy atom. The van der Waals surface area contributed by atoms with Crippen molar-refractivity contribution in [2.75, 3.05) is 18.9 Å². The fraction of sp³-hybridized carbons (Fsp3) is 0.500. The van der Waals surface area contributed by atoms with Crippen LogP contribution in [-0.4, -0.2) is 40.0 Å². The van der Waals surface area contributed by atoms with Crippen molar-refractivity contribution in [2.45, 2.75) is 44.4 Å². The van der Waals surface area contributed by atoms with Gasteiger partial charge in [0, 0.05) is 18.6 Å². The van der Waals surface area contributed by atoms with E-state index >= 15 is 0 Å². The van der Waals surface area contributed by atoms with Gasteiger partial charge in [0.05, 0.1) is 12.4 Å². The van der Waals surface area contributed by atoms with E-state index < -0.39 is 0 Å². The molecule has 136 valence electrons. The van der Waals surface area contributed by atoms with Gasteiger partial charge in [-0.1, -0.05) is 62.9 Å². The second kappa shape index (κ2) is 9.58. The van der Waals surface area contributed by atoms with Crippen LogP contribution in [-0.2, 0) is 21.6 Å². The van der Waals surface area contributed by atoms with Gasteiger partial charge in [-0.15, -0.1) is 5.10 Å². The molecule has 0 saturated carbocycles. The van der Waals surface area contributed by atoms with E-state index in [0.29, 0.717) is 30.7 Å². The number of hydrogen-bond donors (Lipinski definition) is 2. The summed E-state index contributed by atoms with van der Waals surface area (Å²) in [5, 5.41) is 10.5. The highest BCUT2D eigenvalue weighted by molar-refractivity contribution is 7.99. The number of thioether (sulfide) groups is 1. The van der Waals surface area contributed by atoms with Crippen LogP contribution in [0.4, 0.5) is 0 Å². The number of carbonyl (C=O) groups is 1. The van der Waals surface area contributed by atoms with Gasteiger partial charge in [0.15, 0.2) is 0 Å². The first-order valence-corrected chi connectivity index (χ1v) is 9.38. The summed E-state index contributed by atoms with van der Waals surface area (Å²) < 4.78 is 5.58. The average molecular weight is 362 g/mol. The van der Waals surface area contributed by atoms with Crippen molar-refractivity contribution in [2.24, 2.45) is 0 Å². The van der Waals surface area contributed by atoms with Gasteiger partial charge < -0.3 is 10.1 Å². The Kier molecular flexibility index (Phi) is 7.46. The summed E-state index contributed by atoms with van der Waals surface area (Å²) in [5.74, 6) is 1.12. The first-order chi connectivity index (χ1) is 11.9. The Morgan fingerprint density at radius 1 is 1.28 bits per heavy atom. The van der Waals surface area contributed by atoms with Crippen LogP contribution >= 0.6 is 11.8 Å². The summed E-state index contributed by atoms with van der Waals surface area (Å²) in [5.41, 5.74) is 1.08. The molecule has 1 aromatic carbocycles. The Hall–Kier alpha value is -1.86. The van der Waals surface area contributed by atoms with E-state index in [9.17, 15) is 4.79 Å². The molecule has 0 aliphatic rings. The van der Waals surface area contributed by atoms with Crippen molar-refractivity contribution < 1.29 is 9.53 Å². The molecule has 1 amide bonds. The highest BCUT2D eigenvalue weighted by Gasteiger charge is 2.19. The molecule has 25 heavy (non-hydrogen) atoms. The number of aromatic nitrogens is 3. The average Bonchev–Trinajstić information content (AvgIpc) is 3.06. The van der Waals surface area contributed by atoms with E-state index in [-0.39, 0.29) is 11.3 Å². The fourth-order valence-electron chi connectivity index (χ4n) is 1.99. The molecule has 0 bridgehead atoms. The molecule has 6 nitrogen and oxygen atoms in total. The monoisotopic (exact) mass is 362 g/mol. The van der Waals surface area contributed by atoms with E-state index in [1.54, 1.807) is 0 Å². The minimum atomic E-state index is -0.0756. The molecule has 0 unspecified atom stereocenters. The molecule has 0 aliphatic heterocycles. The van der Waals surface area contributed by atoms with Crippen LogP contribution in [0.15, 0.2) is 35.5 Å². The quantitative estimate of drug-likeness (QED) is 0.530. The van der Waals surface area contributed by atoms with Crippen molar-refractivity contribution >= 4 is 17.7 Å². The lowest BCUT2D eigenvalue weighted by Crippen LogP contribution is -2.26. The van der Waals surface area contributed by atoms with Crippen LogP contribution in [0.5, 0.6) is 0 Å². The molecule has 1 heterocycles. The Labute approximate surface area is 153 Å². The van der Waals surface area contributed by atoms with Crippen LogP contribution in [0.25, 0.3) is 0 Å². The summed E-state index contributed by atoms with van der Waals surface area (Å²) >= 11 is 1.33. The largest absolute Gasteiger partial charge is 0.377 e. The molecule has 1 aromatic heterocycles. The summed E-state index contributed by atoms with van der Waals surface area (Å²) in [6.45, 7) is 8.02. The number of nitrogens with one attached hydrogen (secondary N) is 2. The first-order valence-electron chi connectivity index (χ1n) is 8.39. The van der Waals surface area contributed by atoms with Gasteiger partial charge >= 0.3 is 0 Å². The zero-order chi connectivity index (χ0) is 18.1. The van der Waals surface area contributed by atoms with Gasteiger partial charge in [0.25, 0.3) is 0 Å².